The number of nitrogens with one attached hydrogen (secondary N) is 2. The van der Waals surface area contributed by atoms with Gasteiger partial charge in [0.05, 0.1) is 15.9 Å². The highest BCUT2D eigenvalue weighted by Crippen LogP contribution is 2.24. The third kappa shape index (κ3) is 3.79. The summed E-state index contributed by atoms with van der Waals surface area (Å²) in [7, 11) is 0. The van der Waals surface area contributed by atoms with E-state index in [4.69, 9.17) is 22.3 Å². The van der Waals surface area contributed by atoms with Crippen molar-refractivity contribution in [2.75, 3.05) is 30.7 Å². The lowest BCUT2D eigenvalue weighted by molar-refractivity contribution is 0.351. The van der Waals surface area contributed by atoms with Crippen molar-refractivity contribution < 1.29 is 0 Å². The summed E-state index contributed by atoms with van der Waals surface area (Å²) in [6, 6.07) is 7.37. The standard InChI is InChI=1S/C20H21ClN8O/c21-14-2-1-3-15-17(14)20(30)29(12-4-7-24-8-5-12)16(28-15)6-9-25-19-13(10-22)18(23)26-11-27-19/h1-3,11-12,24H,4-9H2,(H3,23,25,26,27). The van der Waals surface area contributed by atoms with Crippen LogP contribution in [0.2, 0.25) is 5.02 Å². The highest BCUT2D eigenvalue weighted by atomic mass is 35.5. The van der Waals surface area contributed by atoms with Gasteiger partial charge in [-0.3, -0.25) is 9.36 Å². The first-order valence-corrected chi connectivity index (χ1v) is 10.1. The molecular weight excluding hydrogens is 404 g/mol. The van der Waals surface area contributed by atoms with Crippen LogP contribution in [0.15, 0.2) is 29.3 Å². The Bertz CT molecular complexity index is 1180. The number of nitrogens with zero attached hydrogens (tertiary/aromatic N) is 5. The molecule has 4 N–H and O–H groups in total. The number of nitrogens with two attached hydrogens (primary N) is 1. The fourth-order valence-electron chi connectivity index (χ4n) is 3.80. The van der Waals surface area contributed by atoms with Gasteiger partial charge in [0.15, 0.2) is 0 Å². The van der Waals surface area contributed by atoms with E-state index in [0.717, 1.165) is 25.9 Å². The molecule has 1 aliphatic heterocycles. The van der Waals surface area contributed by atoms with E-state index < -0.39 is 0 Å². The number of nitriles is 1. The molecule has 30 heavy (non-hydrogen) atoms. The van der Waals surface area contributed by atoms with Crippen LogP contribution in [-0.4, -0.2) is 39.2 Å². The summed E-state index contributed by atoms with van der Waals surface area (Å²) in [6.45, 7) is 2.12. The molecular formula is C20H21ClN8O. The molecule has 154 valence electrons. The Hall–Kier alpha value is -3.22. The second-order valence-corrected chi connectivity index (χ2v) is 7.50. The van der Waals surface area contributed by atoms with Gasteiger partial charge in [-0.05, 0) is 38.1 Å². The van der Waals surface area contributed by atoms with Crippen LogP contribution in [0.5, 0.6) is 0 Å². The van der Waals surface area contributed by atoms with Crippen molar-refractivity contribution in [3.8, 4) is 6.07 Å². The van der Waals surface area contributed by atoms with Crippen molar-refractivity contribution in [3.05, 3.63) is 51.3 Å². The Morgan fingerprint density at radius 1 is 1.33 bits per heavy atom. The van der Waals surface area contributed by atoms with E-state index in [0.29, 0.717) is 40.5 Å². The second kappa shape index (κ2) is 8.65. The predicted molar refractivity (Wildman–Crippen MR) is 116 cm³/mol. The van der Waals surface area contributed by atoms with Crippen molar-refractivity contribution in [3.63, 3.8) is 0 Å². The normalized spacial score (nSPS) is 14.5. The molecule has 0 spiro atoms. The molecule has 0 saturated carbocycles. The molecule has 0 amide bonds. The van der Waals surface area contributed by atoms with Crippen LogP contribution >= 0.6 is 11.6 Å². The number of hydrogen-bond acceptors (Lipinski definition) is 8. The number of benzene rings is 1. The zero-order chi connectivity index (χ0) is 21.1. The molecule has 3 aromatic rings. The number of rotatable bonds is 5. The average Bonchev–Trinajstić information content (AvgIpc) is 2.74. The van der Waals surface area contributed by atoms with Gasteiger partial charge in [0, 0.05) is 19.0 Å². The maximum absolute atomic E-state index is 13.4. The molecule has 3 heterocycles. The number of piperidine rings is 1. The smallest absolute Gasteiger partial charge is 0.263 e. The third-order valence-electron chi connectivity index (χ3n) is 5.26. The highest BCUT2D eigenvalue weighted by Gasteiger charge is 2.22. The maximum atomic E-state index is 13.4. The van der Waals surface area contributed by atoms with Crippen molar-refractivity contribution >= 4 is 34.1 Å². The van der Waals surface area contributed by atoms with E-state index in [1.165, 1.54) is 6.33 Å². The number of anilines is 2. The summed E-state index contributed by atoms with van der Waals surface area (Å²) in [5.41, 5.74) is 6.41. The molecule has 1 aromatic carbocycles. The monoisotopic (exact) mass is 424 g/mol. The molecule has 10 heteroatoms. The molecule has 0 unspecified atom stereocenters. The van der Waals surface area contributed by atoms with Crippen LogP contribution < -0.4 is 21.9 Å². The average molecular weight is 425 g/mol. The van der Waals surface area contributed by atoms with E-state index in [-0.39, 0.29) is 23.0 Å². The van der Waals surface area contributed by atoms with Crippen molar-refractivity contribution in [2.24, 2.45) is 0 Å². The van der Waals surface area contributed by atoms with Gasteiger partial charge in [-0.25, -0.2) is 15.0 Å². The lowest BCUT2D eigenvalue weighted by Crippen LogP contribution is -2.37. The highest BCUT2D eigenvalue weighted by molar-refractivity contribution is 6.35. The quantitative estimate of drug-likeness (QED) is 0.565. The van der Waals surface area contributed by atoms with Crippen LogP contribution in [0.1, 0.15) is 30.3 Å². The molecule has 0 bridgehead atoms. The Morgan fingerprint density at radius 2 is 2.13 bits per heavy atom. The first-order chi connectivity index (χ1) is 14.6. The summed E-state index contributed by atoms with van der Waals surface area (Å²) >= 11 is 6.32. The number of halogens is 1. The lowest BCUT2D eigenvalue weighted by Gasteiger charge is -2.27. The minimum Gasteiger partial charge on any atom is -0.382 e. The molecule has 1 aliphatic rings. The molecule has 4 rings (SSSR count). The minimum atomic E-state index is -0.114. The summed E-state index contributed by atoms with van der Waals surface area (Å²) in [4.78, 5) is 26.1. The second-order valence-electron chi connectivity index (χ2n) is 7.09. The van der Waals surface area contributed by atoms with Crippen LogP contribution in [0, 0.1) is 11.3 Å². The van der Waals surface area contributed by atoms with E-state index in [2.05, 4.69) is 20.6 Å². The molecule has 0 radical (unpaired) electrons. The summed E-state index contributed by atoms with van der Waals surface area (Å²) < 4.78 is 1.79. The van der Waals surface area contributed by atoms with Crippen LogP contribution in [0.3, 0.4) is 0 Å². The first kappa shape index (κ1) is 20.1. The van der Waals surface area contributed by atoms with Gasteiger partial charge >= 0.3 is 0 Å². The molecule has 2 aromatic heterocycles. The van der Waals surface area contributed by atoms with Gasteiger partial charge in [-0.2, -0.15) is 5.26 Å². The van der Waals surface area contributed by atoms with Gasteiger partial charge < -0.3 is 16.4 Å². The van der Waals surface area contributed by atoms with Crippen LogP contribution in [0.25, 0.3) is 10.9 Å². The van der Waals surface area contributed by atoms with Gasteiger partial charge in [0.2, 0.25) is 0 Å². The Kier molecular flexibility index (Phi) is 5.79. The fraction of sp³-hybridized carbons (Fsp3) is 0.350. The number of hydrogen-bond donors (Lipinski definition) is 3. The van der Waals surface area contributed by atoms with Gasteiger partial charge in [-0.15, -0.1) is 0 Å². The van der Waals surface area contributed by atoms with Crippen LogP contribution in [0.4, 0.5) is 11.6 Å². The third-order valence-corrected chi connectivity index (χ3v) is 5.57. The molecule has 1 fully saturated rings. The molecule has 9 nitrogen and oxygen atoms in total. The van der Waals surface area contributed by atoms with E-state index in [9.17, 15) is 10.1 Å². The maximum Gasteiger partial charge on any atom is 0.263 e. The minimum absolute atomic E-state index is 0.0614. The van der Waals surface area contributed by atoms with E-state index in [1.54, 1.807) is 22.8 Å². The van der Waals surface area contributed by atoms with E-state index >= 15 is 0 Å². The topological polar surface area (TPSA) is 135 Å². The molecule has 0 aliphatic carbocycles. The number of nitrogen functional groups attached to an aromatic ring is 1. The Balaban J connectivity index is 1.68. The van der Waals surface area contributed by atoms with Gasteiger partial charge in [0.1, 0.15) is 35.4 Å². The number of aromatic nitrogens is 4. The summed E-state index contributed by atoms with van der Waals surface area (Å²) in [5.74, 6) is 1.17. The lowest BCUT2D eigenvalue weighted by atomic mass is 10.1. The summed E-state index contributed by atoms with van der Waals surface area (Å²) in [5, 5.41) is 16.6. The molecule has 0 atom stereocenters. The first-order valence-electron chi connectivity index (χ1n) is 9.75. The van der Waals surface area contributed by atoms with Gasteiger partial charge in [-0.1, -0.05) is 17.7 Å². The Labute approximate surface area is 177 Å². The molecule has 1 saturated heterocycles. The van der Waals surface area contributed by atoms with E-state index in [1.807, 2.05) is 6.07 Å². The largest absolute Gasteiger partial charge is 0.382 e. The predicted octanol–water partition coefficient (Wildman–Crippen LogP) is 1.87. The number of fused-ring (bicyclic) bond motifs is 1. The SMILES string of the molecule is N#Cc1c(N)ncnc1NCCc1nc2cccc(Cl)c2c(=O)n1C1CCNCC1. The van der Waals surface area contributed by atoms with Crippen LogP contribution in [-0.2, 0) is 6.42 Å². The zero-order valence-corrected chi connectivity index (χ0v) is 17.0. The zero-order valence-electron chi connectivity index (χ0n) is 16.2. The van der Waals surface area contributed by atoms with Gasteiger partial charge in [0.25, 0.3) is 5.56 Å². The van der Waals surface area contributed by atoms with Crippen molar-refractivity contribution in [1.29, 1.82) is 5.26 Å². The van der Waals surface area contributed by atoms with Crippen molar-refractivity contribution in [1.82, 2.24) is 24.8 Å². The fourth-order valence-corrected chi connectivity index (χ4v) is 4.05. The summed E-state index contributed by atoms with van der Waals surface area (Å²) in [6.07, 6.45) is 3.47. The van der Waals surface area contributed by atoms with Crippen molar-refractivity contribution in [2.45, 2.75) is 25.3 Å². The Morgan fingerprint density at radius 3 is 2.90 bits per heavy atom.